The van der Waals surface area contributed by atoms with Crippen molar-refractivity contribution in [3.05, 3.63) is 76.4 Å². The first kappa shape index (κ1) is 26.5. The number of benzene rings is 2. The lowest BCUT2D eigenvalue weighted by atomic mass is 9.75. The highest BCUT2D eigenvalue weighted by Gasteiger charge is 2.44. The average molecular weight is 556 g/mol. The molecule has 2 aromatic carbocycles. The maximum absolute atomic E-state index is 14.2. The second-order valence-corrected chi connectivity index (χ2v) is 10.9. The second kappa shape index (κ2) is 9.70. The van der Waals surface area contributed by atoms with Gasteiger partial charge in [-0.25, -0.2) is 0 Å². The minimum atomic E-state index is -4.67. The lowest BCUT2D eigenvalue weighted by Crippen LogP contribution is -2.49. The molecule has 3 aromatic rings. The molecule has 0 saturated carbocycles. The van der Waals surface area contributed by atoms with Crippen LogP contribution in [0.5, 0.6) is 0 Å². The first-order chi connectivity index (χ1) is 19.1. The summed E-state index contributed by atoms with van der Waals surface area (Å²) in [7, 11) is 1.86. The Labute approximate surface area is 228 Å². The summed E-state index contributed by atoms with van der Waals surface area (Å²) in [6.07, 6.45) is -1.38. The molecule has 1 amide bonds. The second-order valence-electron chi connectivity index (χ2n) is 10.9. The number of aliphatic carboxylic acids is 1. The van der Waals surface area contributed by atoms with Gasteiger partial charge in [-0.15, -0.1) is 10.2 Å². The fourth-order valence-electron chi connectivity index (χ4n) is 6.04. The first-order valence-corrected chi connectivity index (χ1v) is 13.1. The van der Waals surface area contributed by atoms with E-state index in [1.807, 2.05) is 23.7 Å². The highest BCUT2D eigenvalue weighted by molar-refractivity contribution is 6.10. The van der Waals surface area contributed by atoms with Crippen LogP contribution in [0.15, 0.2) is 42.7 Å². The third-order valence-electron chi connectivity index (χ3n) is 8.27. The van der Waals surface area contributed by atoms with Crippen molar-refractivity contribution in [3.63, 3.8) is 0 Å². The predicted octanol–water partition coefficient (Wildman–Crippen LogP) is 3.55. The van der Waals surface area contributed by atoms with Crippen molar-refractivity contribution in [3.8, 4) is 0 Å². The van der Waals surface area contributed by atoms with Gasteiger partial charge < -0.3 is 19.3 Å². The molecule has 40 heavy (non-hydrogen) atoms. The van der Waals surface area contributed by atoms with E-state index < -0.39 is 29.7 Å². The number of hydrogen-bond donors (Lipinski definition) is 1. The van der Waals surface area contributed by atoms with Gasteiger partial charge >= 0.3 is 12.1 Å². The standard InChI is InChI=1S/C28H28F3N5O4/c1-34-16-32-33-24(34)11-27(14-40-15-27)18-4-2-5-19(10-18)36-13-21-20(25(36)37)8-17(9-22(21)28(29,30)31)12-35-7-3-6-23(35)26(38)39/h2,4-5,8-10,16,23H,3,6-7,11-15H2,1H3,(H,38,39). The molecule has 1 N–H and O–H groups in total. The summed E-state index contributed by atoms with van der Waals surface area (Å²) in [6, 6.07) is 9.10. The predicted molar refractivity (Wildman–Crippen MR) is 137 cm³/mol. The van der Waals surface area contributed by atoms with Gasteiger partial charge in [0.25, 0.3) is 5.91 Å². The summed E-state index contributed by atoms with van der Waals surface area (Å²) in [4.78, 5) is 28.2. The van der Waals surface area contributed by atoms with E-state index >= 15 is 0 Å². The Balaban J connectivity index is 1.32. The van der Waals surface area contributed by atoms with Crippen molar-refractivity contribution in [1.82, 2.24) is 19.7 Å². The zero-order chi connectivity index (χ0) is 28.2. The molecule has 1 unspecified atom stereocenters. The van der Waals surface area contributed by atoms with E-state index in [4.69, 9.17) is 4.74 Å². The van der Waals surface area contributed by atoms with Crippen LogP contribution in [-0.2, 0) is 47.7 Å². The zero-order valence-electron chi connectivity index (χ0n) is 21.8. The van der Waals surface area contributed by atoms with Crippen molar-refractivity contribution in [2.45, 2.75) is 50.0 Å². The Hall–Kier alpha value is -3.77. The number of carbonyl (C=O) groups is 2. The molecule has 3 aliphatic heterocycles. The quantitative estimate of drug-likeness (QED) is 0.476. The number of carboxylic acids is 1. The number of likely N-dealkylation sites (tertiary alicyclic amines) is 1. The normalized spacial score (nSPS) is 20.6. The molecule has 3 aliphatic rings. The van der Waals surface area contributed by atoms with E-state index in [1.54, 1.807) is 23.4 Å². The summed E-state index contributed by atoms with van der Waals surface area (Å²) in [5.74, 6) is -0.725. The van der Waals surface area contributed by atoms with Crippen LogP contribution in [0.1, 0.15) is 51.3 Å². The first-order valence-electron chi connectivity index (χ1n) is 13.1. The molecule has 210 valence electrons. The van der Waals surface area contributed by atoms with Gasteiger partial charge in [0.2, 0.25) is 0 Å². The number of alkyl halides is 3. The number of anilines is 1. The molecular formula is C28H28F3N5O4. The van der Waals surface area contributed by atoms with E-state index in [2.05, 4.69) is 10.2 Å². The molecule has 1 aromatic heterocycles. The topological polar surface area (TPSA) is 101 Å². The van der Waals surface area contributed by atoms with Gasteiger partial charge in [0.1, 0.15) is 18.2 Å². The number of carbonyl (C=O) groups excluding carboxylic acids is 1. The van der Waals surface area contributed by atoms with Crippen LogP contribution in [0.3, 0.4) is 0 Å². The number of hydrogen-bond acceptors (Lipinski definition) is 6. The van der Waals surface area contributed by atoms with Gasteiger partial charge in [-0.1, -0.05) is 12.1 Å². The molecule has 0 radical (unpaired) electrons. The molecule has 2 saturated heterocycles. The summed E-state index contributed by atoms with van der Waals surface area (Å²) in [6.45, 7) is 1.20. The molecular weight excluding hydrogens is 527 g/mol. The molecule has 0 spiro atoms. The van der Waals surface area contributed by atoms with Crippen LogP contribution in [0.25, 0.3) is 0 Å². The summed E-state index contributed by atoms with van der Waals surface area (Å²) in [5, 5.41) is 17.6. The Morgan fingerprint density at radius 3 is 2.67 bits per heavy atom. The number of fused-ring (bicyclic) bond motifs is 1. The van der Waals surface area contributed by atoms with Crippen LogP contribution in [0, 0.1) is 0 Å². The molecule has 0 aliphatic carbocycles. The van der Waals surface area contributed by atoms with E-state index in [0.717, 1.165) is 17.5 Å². The smallest absolute Gasteiger partial charge is 0.416 e. The van der Waals surface area contributed by atoms with Gasteiger partial charge in [-0.2, -0.15) is 13.2 Å². The Bertz CT molecular complexity index is 1480. The van der Waals surface area contributed by atoms with Crippen molar-refractivity contribution in [2.75, 3.05) is 24.7 Å². The Morgan fingerprint density at radius 1 is 1.23 bits per heavy atom. The molecule has 4 heterocycles. The lowest BCUT2D eigenvalue weighted by molar-refractivity contribution is -0.142. The largest absolute Gasteiger partial charge is 0.480 e. The molecule has 0 bridgehead atoms. The molecule has 9 nitrogen and oxygen atoms in total. The number of rotatable bonds is 7. The number of halogens is 3. The van der Waals surface area contributed by atoms with E-state index in [1.165, 1.54) is 11.0 Å². The fraction of sp³-hybridized carbons (Fsp3) is 0.429. The third kappa shape index (κ3) is 4.54. The van der Waals surface area contributed by atoms with Gasteiger partial charge in [0.05, 0.1) is 25.3 Å². The highest BCUT2D eigenvalue weighted by atomic mass is 19.4. The van der Waals surface area contributed by atoms with Crippen LogP contribution in [0.4, 0.5) is 18.9 Å². The summed E-state index contributed by atoms with van der Waals surface area (Å²) >= 11 is 0. The van der Waals surface area contributed by atoms with Crippen molar-refractivity contribution < 1.29 is 32.6 Å². The molecule has 2 fully saturated rings. The van der Waals surface area contributed by atoms with Gasteiger partial charge in [0, 0.05) is 36.7 Å². The fourth-order valence-corrected chi connectivity index (χ4v) is 6.04. The summed E-state index contributed by atoms with van der Waals surface area (Å²) in [5.41, 5.74) is 0.386. The van der Waals surface area contributed by atoms with Crippen LogP contribution >= 0.6 is 0 Å². The Kier molecular flexibility index (Phi) is 6.42. The maximum Gasteiger partial charge on any atom is 0.416 e. The minimum Gasteiger partial charge on any atom is -0.480 e. The number of amides is 1. The van der Waals surface area contributed by atoms with Crippen LogP contribution < -0.4 is 4.90 Å². The number of aryl methyl sites for hydroxylation is 1. The zero-order valence-corrected chi connectivity index (χ0v) is 21.8. The molecule has 12 heteroatoms. The van der Waals surface area contributed by atoms with Crippen LogP contribution in [-0.4, -0.2) is 62.4 Å². The maximum atomic E-state index is 14.2. The van der Waals surface area contributed by atoms with Crippen molar-refractivity contribution in [1.29, 1.82) is 0 Å². The highest BCUT2D eigenvalue weighted by Crippen LogP contribution is 2.42. The summed E-state index contributed by atoms with van der Waals surface area (Å²) < 4.78 is 50.1. The van der Waals surface area contributed by atoms with Gasteiger partial charge in [0.15, 0.2) is 0 Å². The molecule has 1 atom stereocenters. The monoisotopic (exact) mass is 555 g/mol. The number of nitrogens with zero attached hydrogens (tertiary/aromatic N) is 5. The Morgan fingerprint density at radius 2 is 2.02 bits per heavy atom. The SMILES string of the molecule is Cn1cnnc1CC1(c2cccc(N3Cc4c(cc(CN5CCCC5C(=O)O)cc4C(F)(F)F)C3=O)c2)COC1. The van der Waals surface area contributed by atoms with E-state index in [0.29, 0.717) is 44.7 Å². The number of carboxylic acid groups (broad SMARTS) is 1. The van der Waals surface area contributed by atoms with Gasteiger partial charge in [-0.05, 0) is 60.3 Å². The number of aromatic nitrogens is 3. The van der Waals surface area contributed by atoms with Crippen molar-refractivity contribution >= 4 is 17.6 Å². The lowest BCUT2D eigenvalue weighted by Gasteiger charge is -2.42. The number of ether oxygens (including phenoxy) is 1. The average Bonchev–Trinajstić information content (AvgIpc) is 3.60. The molecule has 6 rings (SSSR count). The third-order valence-corrected chi connectivity index (χ3v) is 8.27. The van der Waals surface area contributed by atoms with E-state index in [9.17, 15) is 27.9 Å². The minimum absolute atomic E-state index is 0.00192. The van der Waals surface area contributed by atoms with Gasteiger partial charge in [-0.3, -0.25) is 14.5 Å². The van der Waals surface area contributed by atoms with E-state index in [-0.39, 0.29) is 35.2 Å². The van der Waals surface area contributed by atoms with Crippen molar-refractivity contribution in [2.24, 2.45) is 7.05 Å². The van der Waals surface area contributed by atoms with Crippen LogP contribution in [0.2, 0.25) is 0 Å².